The van der Waals surface area contributed by atoms with Crippen LogP contribution in [0.15, 0.2) is 12.1 Å². The van der Waals surface area contributed by atoms with E-state index in [4.69, 9.17) is 5.11 Å². The Morgan fingerprint density at radius 3 is 2.65 bits per heavy atom. The highest BCUT2D eigenvalue weighted by Crippen LogP contribution is 2.24. The van der Waals surface area contributed by atoms with Crippen molar-refractivity contribution in [1.29, 1.82) is 0 Å². The molecule has 4 nitrogen and oxygen atoms in total. The second kappa shape index (κ2) is 6.17. The molecule has 0 aliphatic carbocycles. The van der Waals surface area contributed by atoms with Gasteiger partial charge in [0.2, 0.25) is 5.91 Å². The van der Waals surface area contributed by atoms with Crippen molar-refractivity contribution in [2.45, 2.75) is 31.8 Å². The summed E-state index contributed by atoms with van der Waals surface area (Å²) < 4.78 is 26.7. The Hall–Kier alpha value is -1.69. The van der Waals surface area contributed by atoms with Gasteiger partial charge in [0.15, 0.2) is 17.4 Å². The maximum atomic E-state index is 13.3. The number of phenols is 1. The first-order valence-corrected chi connectivity index (χ1v) is 6.65. The summed E-state index contributed by atoms with van der Waals surface area (Å²) in [6.07, 6.45) is 2.66. The lowest BCUT2D eigenvalue weighted by atomic mass is 10.0. The third-order valence-corrected chi connectivity index (χ3v) is 3.63. The summed E-state index contributed by atoms with van der Waals surface area (Å²) in [5, 5.41) is 11.7. The van der Waals surface area contributed by atoms with Gasteiger partial charge < -0.3 is 10.4 Å². The molecule has 2 rings (SSSR count). The smallest absolute Gasteiger partial charge is 0.237 e. The van der Waals surface area contributed by atoms with Crippen LogP contribution in [-0.2, 0) is 11.3 Å². The van der Waals surface area contributed by atoms with Gasteiger partial charge in [-0.15, -0.1) is 0 Å². The van der Waals surface area contributed by atoms with Crippen LogP contribution >= 0.6 is 0 Å². The molecule has 0 radical (unpaired) electrons. The molecule has 6 heteroatoms. The molecule has 110 valence electrons. The zero-order valence-corrected chi connectivity index (χ0v) is 11.3. The number of phenolic OH excluding ortho intramolecular Hbond substituents is 1. The maximum Gasteiger partial charge on any atom is 0.237 e. The van der Waals surface area contributed by atoms with Crippen molar-refractivity contribution >= 4 is 5.91 Å². The lowest BCUT2D eigenvalue weighted by Gasteiger charge is -2.34. The van der Waals surface area contributed by atoms with E-state index in [1.54, 1.807) is 7.05 Å². The number of halogens is 2. The molecule has 1 unspecified atom stereocenters. The summed E-state index contributed by atoms with van der Waals surface area (Å²) in [7, 11) is 1.58. The third-order valence-electron chi connectivity index (χ3n) is 3.63. The number of aromatic hydroxyl groups is 1. The fraction of sp³-hybridized carbons (Fsp3) is 0.500. The Kier molecular flexibility index (Phi) is 4.54. The fourth-order valence-corrected chi connectivity index (χ4v) is 2.59. The Balaban J connectivity index is 2.16. The van der Waals surface area contributed by atoms with Gasteiger partial charge in [-0.3, -0.25) is 9.69 Å². The molecule has 1 aliphatic heterocycles. The zero-order chi connectivity index (χ0) is 14.7. The molecule has 1 saturated heterocycles. The van der Waals surface area contributed by atoms with E-state index in [1.165, 1.54) is 0 Å². The molecule has 20 heavy (non-hydrogen) atoms. The summed E-state index contributed by atoms with van der Waals surface area (Å²) in [5.41, 5.74) is 0.411. The maximum absolute atomic E-state index is 13.3. The Morgan fingerprint density at radius 2 is 2.05 bits per heavy atom. The first-order valence-electron chi connectivity index (χ1n) is 6.65. The van der Waals surface area contributed by atoms with Gasteiger partial charge in [0.25, 0.3) is 0 Å². The van der Waals surface area contributed by atoms with Crippen molar-refractivity contribution in [3.8, 4) is 5.75 Å². The summed E-state index contributed by atoms with van der Waals surface area (Å²) in [6, 6.07) is 1.94. The minimum absolute atomic E-state index is 0.0792. The number of carbonyl (C=O) groups is 1. The van der Waals surface area contributed by atoms with Crippen LogP contribution in [0.5, 0.6) is 5.75 Å². The van der Waals surface area contributed by atoms with Gasteiger partial charge in [-0.2, -0.15) is 0 Å². The van der Waals surface area contributed by atoms with Crippen LogP contribution in [0.1, 0.15) is 24.8 Å². The molecule has 0 aromatic heterocycles. The number of hydrogen-bond donors (Lipinski definition) is 2. The molecule has 0 spiro atoms. The minimum Gasteiger partial charge on any atom is -0.503 e. The molecule has 1 amide bonds. The highest BCUT2D eigenvalue weighted by molar-refractivity contribution is 5.81. The van der Waals surface area contributed by atoms with Gasteiger partial charge in [-0.05, 0) is 37.1 Å². The van der Waals surface area contributed by atoms with Crippen molar-refractivity contribution in [2.75, 3.05) is 13.6 Å². The van der Waals surface area contributed by atoms with E-state index in [1.807, 2.05) is 4.90 Å². The summed E-state index contributed by atoms with van der Waals surface area (Å²) in [5.74, 6) is -3.00. The van der Waals surface area contributed by atoms with Crippen molar-refractivity contribution in [3.63, 3.8) is 0 Å². The molecule has 1 aromatic rings. The second-order valence-corrected chi connectivity index (χ2v) is 5.00. The highest BCUT2D eigenvalue weighted by atomic mass is 19.1. The number of likely N-dealkylation sites (tertiary alicyclic amines) is 1. The normalized spacial score (nSPS) is 19.9. The van der Waals surface area contributed by atoms with Gasteiger partial charge in [-0.25, -0.2) is 8.78 Å². The van der Waals surface area contributed by atoms with Crippen molar-refractivity contribution < 1.29 is 18.7 Å². The van der Waals surface area contributed by atoms with E-state index in [2.05, 4.69) is 5.32 Å². The molecule has 2 N–H and O–H groups in total. The first-order chi connectivity index (χ1) is 9.52. The zero-order valence-electron chi connectivity index (χ0n) is 11.3. The lowest BCUT2D eigenvalue weighted by molar-refractivity contribution is -0.127. The van der Waals surface area contributed by atoms with E-state index in [0.717, 1.165) is 31.4 Å². The number of likely N-dealkylation sites (N-methyl/N-ethyl adjacent to an activating group) is 1. The van der Waals surface area contributed by atoms with Crippen LogP contribution in [0.25, 0.3) is 0 Å². The summed E-state index contributed by atoms with van der Waals surface area (Å²) in [6.45, 7) is 0.994. The van der Waals surface area contributed by atoms with Crippen LogP contribution in [0.2, 0.25) is 0 Å². The van der Waals surface area contributed by atoms with E-state index in [-0.39, 0.29) is 18.5 Å². The van der Waals surface area contributed by atoms with Crippen molar-refractivity contribution in [2.24, 2.45) is 0 Å². The molecule has 1 aliphatic rings. The van der Waals surface area contributed by atoms with Crippen molar-refractivity contribution in [1.82, 2.24) is 10.2 Å². The molecular formula is C14H18F2N2O2. The van der Waals surface area contributed by atoms with Crippen LogP contribution in [0.4, 0.5) is 8.78 Å². The standard InChI is InChI=1S/C14H18F2N2O2/c1-17-14(20)12-4-2-3-5-18(12)8-9-6-10(15)13(19)11(16)7-9/h6-7,12,19H,2-5,8H2,1H3,(H,17,20). The van der Waals surface area contributed by atoms with E-state index < -0.39 is 17.4 Å². The van der Waals surface area contributed by atoms with Crippen LogP contribution in [0, 0.1) is 11.6 Å². The number of nitrogens with one attached hydrogen (secondary N) is 1. The van der Waals surface area contributed by atoms with Gasteiger partial charge in [0, 0.05) is 13.6 Å². The number of carbonyl (C=O) groups excluding carboxylic acids is 1. The van der Waals surface area contributed by atoms with E-state index >= 15 is 0 Å². The van der Waals surface area contributed by atoms with Gasteiger partial charge in [0.05, 0.1) is 6.04 Å². The molecule has 1 fully saturated rings. The molecule has 0 saturated carbocycles. The van der Waals surface area contributed by atoms with Crippen molar-refractivity contribution in [3.05, 3.63) is 29.3 Å². The average Bonchev–Trinajstić information content (AvgIpc) is 2.44. The number of amides is 1. The number of piperidine rings is 1. The number of hydrogen-bond acceptors (Lipinski definition) is 3. The monoisotopic (exact) mass is 284 g/mol. The molecule has 0 bridgehead atoms. The molecule has 1 heterocycles. The molecular weight excluding hydrogens is 266 g/mol. The summed E-state index contributed by atoms with van der Waals surface area (Å²) >= 11 is 0. The van der Waals surface area contributed by atoms with Crippen LogP contribution in [-0.4, -0.2) is 35.5 Å². The lowest BCUT2D eigenvalue weighted by Crippen LogP contribution is -2.48. The van der Waals surface area contributed by atoms with E-state index in [0.29, 0.717) is 12.1 Å². The quantitative estimate of drug-likeness (QED) is 0.889. The summed E-state index contributed by atoms with van der Waals surface area (Å²) in [4.78, 5) is 13.7. The predicted molar refractivity (Wildman–Crippen MR) is 70.1 cm³/mol. The van der Waals surface area contributed by atoms with Gasteiger partial charge in [-0.1, -0.05) is 6.42 Å². The van der Waals surface area contributed by atoms with Gasteiger partial charge >= 0.3 is 0 Å². The third kappa shape index (κ3) is 3.07. The van der Waals surface area contributed by atoms with Crippen LogP contribution < -0.4 is 5.32 Å². The largest absolute Gasteiger partial charge is 0.503 e. The molecule has 1 atom stereocenters. The second-order valence-electron chi connectivity index (χ2n) is 5.00. The average molecular weight is 284 g/mol. The number of nitrogens with zero attached hydrogens (tertiary/aromatic N) is 1. The number of benzene rings is 1. The first kappa shape index (κ1) is 14.7. The molecule has 1 aromatic carbocycles. The fourth-order valence-electron chi connectivity index (χ4n) is 2.59. The topological polar surface area (TPSA) is 52.6 Å². The Bertz CT molecular complexity index is 485. The SMILES string of the molecule is CNC(=O)C1CCCCN1Cc1cc(F)c(O)c(F)c1. The predicted octanol–water partition coefficient (Wildman–Crippen LogP) is 1.77. The Morgan fingerprint density at radius 1 is 1.40 bits per heavy atom. The minimum atomic E-state index is -0.978. The van der Waals surface area contributed by atoms with Gasteiger partial charge in [0.1, 0.15) is 0 Å². The highest BCUT2D eigenvalue weighted by Gasteiger charge is 2.28. The Labute approximate surface area is 116 Å². The van der Waals surface area contributed by atoms with E-state index in [9.17, 15) is 13.6 Å². The number of rotatable bonds is 3. The van der Waals surface area contributed by atoms with Crippen LogP contribution in [0.3, 0.4) is 0 Å².